The highest BCUT2D eigenvalue weighted by Crippen LogP contribution is 2.40. The second kappa shape index (κ2) is 10.1. The minimum absolute atomic E-state index is 0.0465. The molecule has 196 valence electrons. The van der Waals surface area contributed by atoms with E-state index in [4.69, 9.17) is 14.2 Å². The smallest absolute Gasteiger partial charge is 0.262 e. The first kappa shape index (κ1) is 25.2. The fourth-order valence-electron chi connectivity index (χ4n) is 4.71. The van der Waals surface area contributed by atoms with Crippen LogP contribution in [-0.4, -0.2) is 65.1 Å². The van der Waals surface area contributed by atoms with Crippen molar-refractivity contribution in [3.63, 3.8) is 0 Å². The van der Waals surface area contributed by atoms with Crippen LogP contribution in [0.3, 0.4) is 0 Å². The zero-order chi connectivity index (χ0) is 26.2. The Morgan fingerprint density at radius 2 is 2.00 bits per heavy atom. The molecule has 5 rings (SSSR count). The van der Waals surface area contributed by atoms with Gasteiger partial charge in [0.05, 0.1) is 24.2 Å². The number of aryl methyl sites for hydroxylation is 1. The molecule has 3 aromatic heterocycles. The van der Waals surface area contributed by atoms with Crippen molar-refractivity contribution < 1.29 is 22.6 Å². The molecule has 0 saturated carbocycles. The molecular formula is C24H29N7O5S. The Bertz CT molecular complexity index is 1400. The molecule has 3 atom stereocenters. The SMILES string of the molecule is C=C([C@H](OC)c1ncc(C)cn1)S(=O)(=O)Nc1nnc2n1[C@H]([C@@H]1CCCCO1)Cc1ccc(OC)nc1-2. The quantitative estimate of drug-likeness (QED) is 0.464. The minimum Gasteiger partial charge on any atom is -0.481 e. The van der Waals surface area contributed by atoms with Gasteiger partial charge in [-0.2, -0.15) is 0 Å². The van der Waals surface area contributed by atoms with Crippen LogP contribution in [-0.2, 0) is 25.9 Å². The fraction of sp³-hybridized carbons (Fsp3) is 0.458. The maximum atomic E-state index is 13.5. The highest BCUT2D eigenvalue weighted by Gasteiger charge is 2.38. The van der Waals surface area contributed by atoms with Crippen LogP contribution in [0.2, 0.25) is 0 Å². The van der Waals surface area contributed by atoms with Crippen LogP contribution in [0.25, 0.3) is 11.5 Å². The van der Waals surface area contributed by atoms with Crippen molar-refractivity contribution in [1.29, 1.82) is 0 Å². The predicted molar refractivity (Wildman–Crippen MR) is 134 cm³/mol. The molecule has 13 heteroatoms. The van der Waals surface area contributed by atoms with Gasteiger partial charge < -0.3 is 14.2 Å². The Morgan fingerprint density at radius 3 is 2.68 bits per heavy atom. The van der Waals surface area contributed by atoms with E-state index < -0.39 is 16.1 Å². The summed E-state index contributed by atoms with van der Waals surface area (Å²) in [5.41, 5.74) is 2.39. The summed E-state index contributed by atoms with van der Waals surface area (Å²) in [6.07, 6.45) is 5.41. The minimum atomic E-state index is -4.19. The molecule has 1 N–H and O–H groups in total. The summed E-state index contributed by atoms with van der Waals surface area (Å²) >= 11 is 0. The number of methoxy groups -OCH3 is 2. The van der Waals surface area contributed by atoms with E-state index in [0.29, 0.717) is 30.4 Å². The van der Waals surface area contributed by atoms with Gasteiger partial charge >= 0.3 is 0 Å². The number of nitrogens with one attached hydrogen (secondary N) is 1. The van der Waals surface area contributed by atoms with Gasteiger partial charge in [-0.1, -0.05) is 12.6 Å². The van der Waals surface area contributed by atoms with Gasteiger partial charge in [-0.3, -0.25) is 4.57 Å². The summed E-state index contributed by atoms with van der Waals surface area (Å²) in [4.78, 5) is 12.7. The first-order chi connectivity index (χ1) is 17.8. The van der Waals surface area contributed by atoms with Crippen LogP contribution in [0, 0.1) is 6.92 Å². The van der Waals surface area contributed by atoms with Crippen molar-refractivity contribution in [3.05, 3.63) is 53.0 Å². The summed E-state index contributed by atoms with van der Waals surface area (Å²) in [5.74, 6) is 1.10. The van der Waals surface area contributed by atoms with Gasteiger partial charge in [0.1, 0.15) is 5.69 Å². The van der Waals surface area contributed by atoms with Crippen molar-refractivity contribution in [2.75, 3.05) is 25.5 Å². The third-order valence-electron chi connectivity index (χ3n) is 6.61. The molecule has 3 aromatic rings. The summed E-state index contributed by atoms with van der Waals surface area (Å²) in [5, 5.41) is 8.53. The fourth-order valence-corrected chi connectivity index (χ4v) is 5.70. The molecule has 0 aliphatic carbocycles. The average molecular weight is 528 g/mol. The van der Waals surface area contributed by atoms with Gasteiger partial charge in [-0.25, -0.2) is 28.1 Å². The van der Waals surface area contributed by atoms with Gasteiger partial charge in [0.25, 0.3) is 10.0 Å². The topological polar surface area (TPSA) is 143 Å². The molecule has 0 amide bonds. The summed E-state index contributed by atoms with van der Waals surface area (Å²) in [6.45, 7) is 6.27. The number of aromatic nitrogens is 6. The van der Waals surface area contributed by atoms with Crippen LogP contribution in [0.15, 0.2) is 36.0 Å². The first-order valence-electron chi connectivity index (χ1n) is 12.0. The van der Waals surface area contributed by atoms with Crippen LogP contribution in [0.1, 0.15) is 48.4 Å². The lowest BCUT2D eigenvalue weighted by Gasteiger charge is -2.35. The van der Waals surface area contributed by atoms with Crippen LogP contribution in [0.4, 0.5) is 5.95 Å². The molecule has 1 fully saturated rings. The zero-order valence-corrected chi connectivity index (χ0v) is 21.7. The number of fused-ring (bicyclic) bond motifs is 3. The number of hydrogen-bond donors (Lipinski definition) is 1. The predicted octanol–water partition coefficient (Wildman–Crippen LogP) is 2.76. The van der Waals surface area contributed by atoms with E-state index in [0.717, 1.165) is 30.4 Å². The van der Waals surface area contributed by atoms with Crippen molar-refractivity contribution in [3.8, 4) is 17.4 Å². The maximum Gasteiger partial charge on any atom is 0.262 e. The summed E-state index contributed by atoms with van der Waals surface area (Å²) in [7, 11) is -1.28. The number of sulfonamides is 1. The molecule has 0 radical (unpaired) electrons. The number of anilines is 1. The number of ether oxygens (including phenoxy) is 3. The summed E-state index contributed by atoms with van der Waals surface area (Å²) in [6, 6.07) is 3.53. The lowest BCUT2D eigenvalue weighted by atomic mass is 9.92. The molecular weight excluding hydrogens is 498 g/mol. The second-order valence-corrected chi connectivity index (χ2v) is 10.8. The number of hydrogen-bond acceptors (Lipinski definition) is 10. The van der Waals surface area contributed by atoms with E-state index in [-0.39, 0.29) is 28.8 Å². The molecule has 0 bridgehead atoms. The van der Waals surface area contributed by atoms with Crippen molar-refractivity contribution in [1.82, 2.24) is 29.7 Å². The second-order valence-electron chi connectivity index (χ2n) is 9.06. The average Bonchev–Trinajstić information content (AvgIpc) is 3.33. The van der Waals surface area contributed by atoms with Gasteiger partial charge in [0.2, 0.25) is 11.8 Å². The van der Waals surface area contributed by atoms with Gasteiger partial charge in [0, 0.05) is 32.2 Å². The van der Waals surface area contributed by atoms with Gasteiger partial charge in [-0.15, -0.1) is 10.2 Å². The third-order valence-corrected chi connectivity index (χ3v) is 7.96. The molecule has 0 unspecified atom stereocenters. The molecule has 1 saturated heterocycles. The molecule has 2 aliphatic heterocycles. The van der Waals surface area contributed by atoms with E-state index in [1.54, 1.807) is 23.0 Å². The Morgan fingerprint density at radius 1 is 1.22 bits per heavy atom. The number of rotatable bonds is 8. The Labute approximate surface area is 215 Å². The number of nitrogens with zero attached hydrogens (tertiary/aromatic N) is 6. The number of pyridine rings is 1. The van der Waals surface area contributed by atoms with E-state index in [1.165, 1.54) is 14.2 Å². The molecule has 12 nitrogen and oxygen atoms in total. The first-order valence-corrected chi connectivity index (χ1v) is 13.4. The summed E-state index contributed by atoms with van der Waals surface area (Å²) < 4.78 is 48.1. The molecule has 0 spiro atoms. The van der Waals surface area contributed by atoms with Gasteiger partial charge in [-0.05, 0) is 43.7 Å². The highest BCUT2D eigenvalue weighted by atomic mass is 32.2. The van der Waals surface area contributed by atoms with Gasteiger partial charge in [0.15, 0.2) is 17.8 Å². The molecule has 2 aliphatic rings. The molecule has 0 aromatic carbocycles. The van der Waals surface area contributed by atoms with Crippen LogP contribution >= 0.6 is 0 Å². The van der Waals surface area contributed by atoms with Crippen LogP contribution in [0.5, 0.6) is 5.88 Å². The van der Waals surface area contributed by atoms with Crippen molar-refractivity contribution in [2.45, 2.75) is 50.9 Å². The van der Waals surface area contributed by atoms with E-state index in [2.05, 4.69) is 36.5 Å². The molecule has 37 heavy (non-hydrogen) atoms. The zero-order valence-electron chi connectivity index (χ0n) is 20.9. The van der Waals surface area contributed by atoms with Crippen molar-refractivity contribution >= 4 is 16.0 Å². The normalized spacial score (nSPS) is 20.0. The van der Waals surface area contributed by atoms with E-state index in [1.807, 2.05) is 13.0 Å². The highest BCUT2D eigenvalue weighted by molar-refractivity contribution is 7.96. The third kappa shape index (κ3) is 4.81. The lowest BCUT2D eigenvalue weighted by molar-refractivity contribution is -0.0166. The monoisotopic (exact) mass is 527 g/mol. The maximum absolute atomic E-state index is 13.5. The van der Waals surface area contributed by atoms with E-state index >= 15 is 0 Å². The Balaban J connectivity index is 1.52. The Hall–Kier alpha value is -3.42. The van der Waals surface area contributed by atoms with Crippen LogP contribution < -0.4 is 9.46 Å². The van der Waals surface area contributed by atoms with E-state index in [9.17, 15) is 8.42 Å². The largest absolute Gasteiger partial charge is 0.481 e. The van der Waals surface area contributed by atoms with Crippen molar-refractivity contribution in [2.24, 2.45) is 0 Å². The molecule has 5 heterocycles. The standard InChI is InChI=1S/C24H29N7O5S/c1-14-12-25-22(26-13-14)21(35-4)15(2)37(32,33)30-24-29-28-23-20-16(8-9-19(27-20)34-3)11-17(31(23)24)18-7-5-6-10-36-18/h8-9,12-13,17-18,21H,2,5-7,10-11H2,1,3-4H3,(H,29,30)/t17-,18-,21-/m0/s1. The lowest BCUT2D eigenvalue weighted by Crippen LogP contribution is -2.35. The Kier molecular flexibility index (Phi) is 6.92.